The van der Waals surface area contributed by atoms with Crippen LogP contribution in [0, 0.1) is 0 Å². The number of aliphatic carboxylic acids is 1. The van der Waals surface area contributed by atoms with Gasteiger partial charge in [-0.25, -0.2) is 9.78 Å². The largest absolute Gasteiger partial charge is 0.479 e. The van der Waals surface area contributed by atoms with Crippen LogP contribution in [-0.2, 0) is 4.79 Å². The molecule has 1 fully saturated rings. The average molecular weight is 317 g/mol. The van der Waals surface area contributed by atoms with E-state index in [4.69, 9.17) is 23.2 Å². The Morgan fingerprint density at radius 3 is 2.75 bits per heavy atom. The summed E-state index contributed by atoms with van der Waals surface area (Å²) in [5.41, 5.74) is -1.18. The Morgan fingerprint density at radius 1 is 1.45 bits per heavy atom. The number of amides is 1. The molecule has 108 valence electrons. The molecular weight excluding hydrogens is 303 g/mol. The number of rotatable bonds is 3. The number of halogens is 2. The lowest BCUT2D eigenvalue weighted by Gasteiger charge is -2.33. The Balaban J connectivity index is 2.42. The molecular formula is C13H14Cl2N2O3. The van der Waals surface area contributed by atoms with E-state index in [1.807, 2.05) is 0 Å². The highest BCUT2D eigenvalue weighted by Gasteiger charge is 2.49. The Morgan fingerprint density at radius 2 is 2.15 bits per heavy atom. The Bertz CT molecular complexity index is 565. The second-order valence-electron chi connectivity index (χ2n) is 4.72. The van der Waals surface area contributed by atoms with Crippen molar-refractivity contribution in [3.63, 3.8) is 0 Å². The summed E-state index contributed by atoms with van der Waals surface area (Å²) in [6, 6.07) is 2.96. The molecule has 2 heterocycles. The molecule has 2 rings (SSSR count). The molecule has 1 aromatic heterocycles. The first kappa shape index (κ1) is 15.1. The molecule has 0 aliphatic carbocycles. The molecule has 0 spiro atoms. The van der Waals surface area contributed by atoms with Gasteiger partial charge in [0.2, 0.25) is 0 Å². The number of carbonyl (C=O) groups is 2. The molecule has 1 N–H and O–H groups in total. The summed E-state index contributed by atoms with van der Waals surface area (Å²) >= 11 is 11.7. The van der Waals surface area contributed by atoms with Crippen LogP contribution in [0.2, 0.25) is 10.2 Å². The van der Waals surface area contributed by atoms with Gasteiger partial charge in [-0.2, -0.15) is 0 Å². The van der Waals surface area contributed by atoms with E-state index in [1.54, 1.807) is 6.92 Å². The van der Waals surface area contributed by atoms with Gasteiger partial charge in [0, 0.05) is 6.54 Å². The standard InChI is InChI=1S/C13H14Cl2N2O3/c1-2-13(12(19)20)6-3-7-17(13)11(18)10-8(14)4-5-9(15)16-10/h4-5H,2-3,6-7H2,1H3,(H,19,20). The van der Waals surface area contributed by atoms with Gasteiger partial charge in [0.25, 0.3) is 5.91 Å². The minimum absolute atomic E-state index is 0.000131. The summed E-state index contributed by atoms with van der Waals surface area (Å²) < 4.78 is 0. The SMILES string of the molecule is CCC1(C(=O)O)CCCN1C(=O)c1nc(Cl)ccc1Cl. The van der Waals surface area contributed by atoms with E-state index < -0.39 is 17.4 Å². The van der Waals surface area contributed by atoms with E-state index in [1.165, 1.54) is 17.0 Å². The van der Waals surface area contributed by atoms with Crippen LogP contribution in [0.3, 0.4) is 0 Å². The van der Waals surface area contributed by atoms with E-state index >= 15 is 0 Å². The summed E-state index contributed by atoms with van der Waals surface area (Å²) in [6.45, 7) is 2.14. The summed E-state index contributed by atoms with van der Waals surface area (Å²) in [6.07, 6.45) is 1.42. The van der Waals surface area contributed by atoms with E-state index in [9.17, 15) is 14.7 Å². The fourth-order valence-corrected chi connectivity index (χ4v) is 2.95. The maximum atomic E-state index is 12.6. The lowest BCUT2D eigenvalue weighted by Crippen LogP contribution is -2.52. The Kier molecular flexibility index (Phi) is 4.20. The molecule has 0 bridgehead atoms. The van der Waals surface area contributed by atoms with E-state index in [-0.39, 0.29) is 15.9 Å². The van der Waals surface area contributed by atoms with Crippen molar-refractivity contribution in [2.75, 3.05) is 6.54 Å². The number of aromatic nitrogens is 1. The zero-order chi connectivity index (χ0) is 14.9. The monoisotopic (exact) mass is 316 g/mol. The number of likely N-dealkylation sites (tertiary alicyclic amines) is 1. The third-order valence-corrected chi connectivity index (χ3v) is 4.25. The molecule has 1 amide bonds. The van der Waals surface area contributed by atoms with Gasteiger partial charge in [-0.3, -0.25) is 4.79 Å². The van der Waals surface area contributed by atoms with E-state index in [0.29, 0.717) is 25.8 Å². The van der Waals surface area contributed by atoms with Crippen LogP contribution in [-0.4, -0.2) is 39.0 Å². The third-order valence-electron chi connectivity index (χ3n) is 3.73. The van der Waals surface area contributed by atoms with Gasteiger partial charge in [-0.15, -0.1) is 0 Å². The molecule has 0 saturated carbocycles. The zero-order valence-corrected chi connectivity index (χ0v) is 12.4. The summed E-state index contributed by atoms with van der Waals surface area (Å²) in [7, 11) is 0. The number of pyridine rings is 1. The maximum Gasteiger partial charge on any atom is 0.329 e. The van der Waals surface area contributed by atoms with E-state index in [2.05, 4.69) is 4.98 Å². The van der Waals surface area contributed by atoms with Crippen LogP contribution in [0.1, 0.15) is 36.7 Å². The van der Waals surface area contributed by atoms with Crippen molar-refractivity contribution in [1.82, 2.24) is 9.88 Å². The fraction of sp³-hybridized carbons (Fsp3) is 0.462. The first-order valence-electron chi connectivity index (χ1n) is 6.30. The molecule has 5 nitrogen and oxygen atoms in total. The summed E-state index contributed by atoms with van der Waals surface area (Å²) in [5, 5.41) is 9.80. The van der Waals surface area contributed by atoms with Crippen molar-refractivity contribution >= 4 is 35.1 Å². The normalized spacial score (nSPS) is 22.1. The predicted molar refractivity (Wildman–Crippen MR) is 75.2 cm³/mol. The van der Waals surface area contributed by atoms with Crippen LogP contribution in [0.15, 0.2) is 12.1 Å². The molecule has 20 heavy (non-hydrogen) atoms. The zero-order valence-electron chi connectivity index (χ0n) is 10.9. The molecule has 1 aromatic rings. The Hall–Kier alpha value is -1.33. The van der Waals surface area contributed by atoms with Gasteiger partial charge < -0.3 is 10.0 Å². The van der Waals surface area contributed by atoms with Gasteiger partial charge in [0.1, 0.15) is 16.4 Å². The number of carbonyl (C=O) groups excluding carboxylic acids is 1. The lowest BCUT2D eigenvalue weighted by atomic mass is 9.93. The lowest BCUT2D eigenvalue weighted by molar-refractivity contribution is -0.148. The maximum absolute atomic E-state index is 12.6. The van der Waals surface area contributed by atoms with Gasteiger partial charge in [0.15, 0.2) is 0 Å². The van der Waals surface area contributed by atoms with Crippen molar-refractivity contribution in [3.8, 4) is 0 Å². The molecule has 7 heteroatoms. The molecule has 1 atom stereocenters. The van der Waals surface area contributed by atoms with Crippen LogP contribution in [0.4, 0.5) is 0 Å². The van der Waals surface area contributed by atoms with Crippen molar-refractivity contribution in [3.05, 3.63) is 28.0 Å². The minimum Gasteiger partial charge on any atom is -0.479 e. The molecule has 0 aromatic carbocycles. The minimum atomic E-state index is -1.18. The highest BCUT2D eigenvalue weighted by atomic mass is 35.5. The van der Waals surface area contributed by atoms with Crippen molar-refractivity contribution < 1.29 is 14.7 Å². The second kappa shape index (κ2) is 5.58. The first-order chi connectivity index (χ1) is 9.42. The van der Waals surface area contributed by atoms with Gasteiger partial charge in [-0.05, 0) is 31.4 Å². The predicted octanol–water partition coefficient (Wildman–Crippen LogP) is 2.86. The van der Waals surface area contributed by atoms with Crippen LogP contribution in [0.25, 0.3) is 0 Å². The second-order valence-corrected chi connectivity index (χ2v) is 5.51. The summed E-state index contributed by atoms with van der Waals surface area (Å²) in [4.78, 5) is 29.4. The number of carboxylic acids is 1. The molecule has 1 aliphatic rings. The van der Waals surface area contributed by atoms with E-state index in [0.717, 1.165) is 0 Å². The highest BCUT2D eigenvalue weighted by molar-refractivity contribution is 6.34. The van der Waals surface area contributed by atoms with Gasteiger partial charge in [-0.1, -0.05) is 30.1 Å². The van der Waals surface area contributed by atoms with Crippen molar-refractivity contribution in [1.29, 1.82) is 0 Å². The van der Waals surface area contributed by atoms with Crippen molar-refractivity contribution in [2.24, 2.45) is 0 Å². The number of nitrogens with zero attached hydrogens (tertiary/aromatic N) is 2. The molecule has 0 radical (unpaired) electrons. The smallest absolute Gasteiger partial charge is 0.329 e. The van der Waals surface area contributed by atoms with Gasteiger partial charge in [0.05, 0.1) is 5.02 Å². The highest BCUT2D eigenvalue weighted by Crippen LogP contribution is 2.34. The number of hydrogen-bond donors (Lipinski definition) is 1. The Labute approximate surface area is 126 Å². The molecule has 1 saturated heterocycles. The first-order valence-corrected chi connectivity index (χ1v) is 7.05. The van der Waals surface area contributed by atoms with Crippen LogP contribution >= 0.6 is 23.2 Å². The number of carboxylic acid groups (broad SMARTS) is 1. The fourth-order valence-electron chi connectivity index (χ4n) is 2.61. The number of hydrogen-bond acceptors (Lipinski definition) is 3. The third kappa shape index (κ3) is 2.36. The topological polar surface area (TPSA) is 70.5 Å². The van der Waals surface area contributed by atoms with Gasteiger partial charge >= 0.3 is 5.97 Å². The summed E-state index contributed by atoms with van der Waals surface area (Å²) in [5.74, 6) is -1.48. The molecule has 1 aliphatic heterocycles. The van der Waals surface area contributed by atoms with Crippen LogP contribution < -0.4 is 0 Å². The average Bonchev–Trinajstić information content (AvgIpc) is 2.85. The van der Waals surface area contributed by atoms with Crippen molar-refractivity contribution in [2.45, 2.75) is 31.7 Å². The van der Waals surface area contributed by atoms with Crippen LogP contribution in [0.5, 0.6) is 0 Å². The molecule has 1 unspecified atom stereocenters. The quantitative estimate of drug-likeness (QED) is 0.870.